The average molecular weight is 199 g/mol. The van der Waals surface area contributed by atoms with Gasteiger partial charge in [-0.25, -0.2) is 4.98 Å². The summed E-state index contributed by atoms with van der Waals surface area (Å²) in [6.45, 7) is 4.00. The van der Waals surface area contributed by atoms with Crippen LogP contribution in [-0.4, -0.2) is 16.1 Å². The van der Waals surface area contributed by atoms with Gasteiger partial charge in [0.05, 0.1) is 10.7 Å². The summed E-state index contributed by atoms with van der Waals surface area (Å²) in [5.41, 5.74) is 1.06. The largest absolute Gasteiger partial charge is 0.481 e. The first kappa shape index (κ1) is 10.2. The molecule has 72 valence electrons. The number of carboxylic acids is 1. The summed E-state index contributed by atoms with van der Waals surface area (Å²) in [7, 11) is 0. The van der Waals surface area contributed by atoms with E-state index in [4.69, 9.17) is 5.11 Å². The van der Waals surface area contributed by atoms with Gasteiger partial charge in [-0.3, -0.25) is 4.79 Å². The van der Waals surface area contributed by atoms with Crippen molar-refractivity contribution in [2.24, 2.45) is 0 Å². The molecule has 0 spiro atoms. The molecule has 1 N–H and O–H groups in total. The second-order valence-electron chi connectivity index (χ2n) is 2.98. The number of rotatable bonds is 4. The summed E-state index contributed by atoms with van der Waals surface area (Å²) < 4.78 is 0. The number of carbonyl (C=O) groups is 1. The molecule has 0 aromatic carbocycles. The van der Waals surface area contributed by atoms with Gasteiger partial charge in [0, 0.05) is 11.3 Å². The summed E-state index contributed by atoms with van der Waals surface area (Å²) in [5.74, 6) is -0.732. The van der Waals surface area contributed by atoms with E-state index >= 15 is 0 Å². The van der Waals surface area contributed by atoms with Crippen molar-refractivity contribution in [3.63, 3.8) is 0 Å². The van der Waals surface area contributed by atoms with Gasteiger partial charge in [0.15, 0.2) is 0 Å². The van der Waals surface area contributed by atoms with E-state index in [0.717, 1.165) is 17.1 Å². The Morgan fingerprint density at radius 3 is 2.69 bits per heavy atom. The molecule has 0 amide bonds. The van der Waals surface area contributed by atoms with E-state index in [1.807, 2.05) is 13.8 Å². The Kier molecular flexibility index (Phi) is 3.42. The molecule has 4 heteroatoms. The third-order valence-corrected chi connectivity index (χ3v) is 2.73. The molecule has 0 atom stereocenters. The van der Waals surface area contributed by atoms with Gasteiger partial charge in [-0.2, -0.15) is 0 Å². The Morgan fingerprint density at radius 2 is 2.23 bits per heavy atom. The zero-order valence-corrected chi connectivity index (χ0v) is 8.65. The molecule has 1 aromatic rings. The topological polar surface area (TPSA) is 50.2 Å². The standard InChI is InChI=1S/C9H13NO2S/c1-6-8(10-7(2)13-6)4-3-5-9(11)12/h3-5H2,1-2H3,(H,11,12). The highest BCUT2D eigenvalue weighted by molar-refractivity contribution is 7.11. The highest BCUT2D eigenvalue weighted by atomic mass is 32.1. The van der Waals surface area contributed by atoms with E-state index in [0.29, 0.717) is 6.42 Å². The van der Waals surface area contributed by atoms with Crippen LogP contribution in [0.3, 0.4) is 0 Å². The molecule has 1 rings (SSSR count). The molecule has 0 fully saturated rings. The fraction of sp³-hybridized carbons (Fsp3) is 0.556. The van der Waals surface area contributed by atoms with E-state index in [2.05, 4.69) is 4.98 Å². The fourth-order valence-corrected chi connectivity index (χ4v) is 2.08. The molecule has 0 bridgehead atoms. The molecule has 0 radical (unpaired) electrons. The quantitative estimate of drug-likeness (QED) is 0.808. The maximum Gasteiger partial charge on any atom is 0.303 e. The Labute approximate surface area is 81.4 Å². The van der Waals surface area contributed by atoms with Gasteiger partial charge in [0.1, 0.15) is 0 Å². The van der Waals surface area contributed by atoms with Crippen LogP contribution in [0.25, 0.3) is 0 Å². The molecule has 0 saturated carbocycles. The fourth-order valence-electron chi connectivity index (χ4n) is 1.21. The molecule has 0 unspecified atom stereocenters. The molecule has 1 aromatic heterocycles. The van der Waals surface area contributed by atoms with E-state index in [-0.39, 0.29) is 6.42 Å². The molecule has 1 heterocycles. The van der Waals surface area contributed by atoms with Crippen LogP contribution in [0.1, 0.15) is 28.4 Å². The number of hydrogen-bond donors (Lipinski definition) is 1. The van der Waals surface area contributed by atoms with Crippen molar-refractivity contribution >= 4 is 17.3 Å². The molecule has 0 aliphatic rings. The van der Waals surface area contributed by atoms with Crippen LogP contribution < -0.4 is 0 Å². The predicted molar refractivity (Wildman–Crippen MR) is 52.2 cm³/mol. The van der Waals surface area contributed by atoms with Gasteiger partial charge in [-0.05, 0) is 26.7 Å². The highest BCUT2D eigenvalue weighted by Gasteiger charge is 2.05. The lowest BCUT2D eigenvalue weighted by atomic mass is 10.2. The number of hydrogen-bond acceptors (Lipinski definition) is 3. The molecule has 3 nitrogen and oxygen atoms in total. The number of thiazole rings is 1. The van der Waals surface area contributed by atoms with E-state index in [9.17, 15) is 4.79 Å². The molecular weight excluding hydrogens is 186 g/mol. The van der Waals surface area contributed by atoms with Gasteiger partial charge in [0.25, 0.3) is 0 Å². The highest BCUT2D eigenvalue weighted by Crippen LogP contribution is 2.17. The summed E-state index contributed by atoms with van der Waals surface area (Å²) in [4.78, 5) is 15.8. The van der Waals surface area contributed by atoms with Gasteiger partial charge in [-0.15, -0.1) is 11.3 Å². The van der Waals surface area contributed by atoms with Gasteiger partial charge in [0.2, 0.25) is 0 Å². The maximum atomic E-state index is 10.3. The minimum atomic E-state index is -0.732. The van der Waals surface area contributed by atoms with Crippen molar-refractivity contribution < 1.29 is 9.90 Å². The lowest BCUT2D eigenvalue weighted by molar-refractivity contribution is -0.137. The second-order valence-corrected chi connectivity index (χ2v) is 4.39. The Hall–Kier alpha value is -0.900. The summed E-state index contributed by atoms with van der Waals surface area (Å²) in [6.07, 6.45) is 1.69. The average Bonchev–Trinajstić information content (AvgIpc) is 2.29. The van der Waals surface area contributed by atoms with Crippen molar-refractivity contribution in [2.45, 2.75) is 33.1 Å². The van der Waals surface area contributed by atoms with E-state index in [1.165, 1.54) is 4.88 Å². The summed E-state index contributed by atoms with van der Waals surface area (Å²) in [5, 5.41) is 9.51. The Balaban J connectivity index is 2.45. The number of aliphatic carboxylic acids is 1. The maximum absolute atomic E-state index is 10.3. The minimum absolute atomic E-state index is 0.232. The van der Waals surface area contributed by atoms with Crippen molar-refractivity contribution in [3.8, 4) is 0 Å². The van der Waals surface area contributed by atoms with Crippen LogP contribution in [-0.2, 0) is 11.2 Å². The number of carboxylic acid groups (broad SMARTS) is 1. The van der Waals surface area contributed by atoms with Gasteiger partial charge < -0.3 is 5.11 Å². The van der Waals surface area contributed by atoms with Gasteiger partial charge in [-0.1, -0.05) is 0 Å². The SMILES string of the molecule is Cc1nc(CCCC(=O)O)c(C)s1. The Morgan fingerprint density at radius 1 is 1.54 bits per heavy atom. The number of nitrogens with zero attached hydrogens (tertiary/aromatic N) is 1. The molecular formula is C9H13NO2S. The van der Waals surface area contributed by atoms with Crippen LogP contribution in [0.4, 0.5) is 0 Å². The smallest absolute Gasteiger partial charge is 0.303 e. The Bertz CT molecular complexity index is 307. The number of aryl methyl sites for hydroxylation is 3. The lowest BCUT2D eigenvalue weighted by Gasteiger charge is -1.95. The van der Waals surface area contributed by atoms with E-state index in [1.54, 1.807) is 11.3 Å². The predicted octanol–water partition coefficient (Wildman–Crippen LogP) is 2.17. The monoisotopic (exact) mass is 199 g/mol. The van der Waals surface area contributed by atoms with Crippen LogP contribution in [0.5, 0.6) is 0 Å². The molecule has 0 saturated heterocycles. The molecule has 0 aliphatic carbocycles. The van der Waals surface area contributed by atoms with Gasteiger partial charge >= 0.3 is 5.97 Å². The summed E-state index contributed by atoms with van der Waals surface area (Å²) in [6, 6.07) is 0. The summed E-state index contributed by atoms with van der Waals surface area (Å²) >= 11 is 1.67. The van der Waals surface area contributed by atoms with Crippen molar-refractivity contribution in [1.82, 2.24) is 4.98 Å². The zero-order chi connectivity index (χ0) is 9.84. The van der Waals surface area contributed by atoms with Crippen molar-refractivity contribution in [1.29, 1.82) is 0 Å². The van der Waals surface area contributed by atoms with Crippen LogP contribution in [0.15, 0.2) is 0 Å². The first-order valence-corrected chi connectivity index (χ1v) is 5.06. The third kappa shape index (κ3) is 3.14. The van der Waals surface area contributed by atoms with Crippen LogP contribution in [0, 0.1) is 13.8 Å². The molecule has 13 heavy (non-hydrogen) atoms. The minimum Gasteiger partial charge on any atom is -0.481 e. The number of aromatic nitrogens is 1. The first-order chi connectivity index (χ1) is 6.09. The van der Waals surface area contributed by atoms with Crippen molar-refractivity contribution in [3.05, 3.63) is 15.6 Å². The van der Waals surface area contributed by atoms with Crippen LogP contribution in [0.2, 0.25) is 0 Å². The third-order valence-electron chi connectivity index (χ3n) is 1.80. The van der Waals surface area contributed by atoms with E-state index < -0.39 is 5.97 Å². The second kappa shape index (κ2) is 4.37. The lowest BCUT2D eigenvalue weighted by Crippen LogP contribution is -1.96. The van der Waals surface area contributed by atoms with Crippen molar-refractivity contribution in [2.75, 3.05) is 0 Å². The first-order valence-electron chi connectivity index (χ1n) is 4.24. The van der Waals surface area contributed by atoms with Crippen LogP contribution >= 0.6 is 11.3 Å². The molecule has 0 aliphatic heterocycles. The normalized spacial score (nSPS) is 10.3. The zero-order valence-electron chi connectivity index (χ0n) is 7.83.